The SMILES string of the molecule is CNS(=O)(=O)CC(=O)N(C1CC1)[C@@H](C)c1cccc2ccccc12. The first-order valence-corrected chi connectivity index (χ1v) is 9.78. The van der Waals surface area contributed by atoms with E-state index in [-0.39, 0.29) is 18.0 Å². The van der Waals surface area contributed by atoms with Crippen LogP contribution >= 0.6 is 0 Å². The largest absolute Gasteiger partial charge is 0.332 e. The minimum Gasteiger partial charge on any atom is -0.332 e. The molecule has 1 aliphatic rings. The maximum atomic E-state index is 12.7. The van der Waals surface area contributed by atoms with E-state index in [9.17, 15) is 13.2 Å². The molecule has 0 bridgehead atoms. The van der Waals surface area contributed by atoms with E-state index in [1.54, 1.807) is 4.90 Å². The van der Waals surface area contributed by atoms with E-state index in [0.717, 1.165) is 29.2 Å². The highest BCUT2D eigenvalue weighted by Crippen LogP contribution is 2.36. The molecule has 1 atom stereocenters. The van der Waals surface area contributed by atoms with Crippen molar-refractivity contribution in [2.24, 2.45) is 0 Å². The molecule has 1 amide bonds. The number of nitrogens with one attached hydrogen (secondary N) is 1. The molecule has 2 aromatic rings. The second kappa shape index (κ2) is 6.53. The number of sulfonamides is 1. The van der Waals surface area contributed by atoms with Crippen molar-refractivity contribution in [3.8, 4) is 0 Å². The fourth-order valence-corrected chi connectivity index (χ4v) is 3.78. The fourth-order valence-electron chi connectivity index (χ4n) is 3.16. The zero-order chi connectivity index (χ0) is 17.3. The van der Waals surface area contributed by atoms with Crippen LogP contribution in [0.4, 0.5) is 0 Å². The highest BCUT2D eigenvalue weighted by atomic mass is 32.2. The maximum absolute atomic E-state index is 12.7. The van der Waals surface area contributed by atoms with Gasteiger partial charge in [0, 0.05) is 6.04 Å². The second-order valence-electron chi connectivity index (χ2n) is 6.24. The minimum atomic E-state index is -3.57. The summed E-state index contributed by atoms with van der Waals surface area (Å²) in [5.74, 6) is -0.845. The number of rotatable bonds is 6. The third-order valence-electron chi connectivity index (χ3n) is 4.54. The molecule has 0 spiro atoms. The van der Waals surface area contributed by atoms with Gasteiger partial charge in [-0.3, -0.25) is 4.79 Å². The smallest absolute Gasteiger partial charge is 0.239 e. The number of hydrogen-bond donors (Lipinski definition) is 1. The van der Waals surface area contributed by atoms with Gasteiger partial charge in [-0.15, -0.1) is 0 Å². The molecule has 5 nitrogen and oxygen atoms in total. The van der Waals surface area contributed by atoms with Gasteiger partial charge in [-0.1, -0.05) is 42.5 Å². The number of hydrogen-bond acceptors (Lipinski definition) is 3. The van der Waals surface area contributed by atoms with E-state index in [0.29, 0.717) is 0 Å². The van der Waals surface area contributed by atoms with E-state index in [1.165, 1.54) is 7.05 Å². The predicted octanol–water partition coefficient (Wildman–Crippen LogP) is 2.44. The highest BCUT2D eigenvalue weighted by molar-refractivity contribution is 7.90. The van der Waals surface area contributed by atoms with Gasteiger partial charge in [0.25, 0.3) is 0 Å². The average molecular weight is 346 g/mol. The van der Waals surface area contributed by atoms with Gasteiger partial charge in [-0.2, -0.15) is 0 Å². The monoisotopic (exact) mass is 346 g/mol. The fraction of sp³-hybridized carbons (Fsp3) is 0.389. The van der Waals surface area contributed by atoms with Crippen LogP contribution in [0.3, 0.4) is 0 Å². The second-order valence-corrected chi connectivity index (χ2v) is 8.17. The van der Waals surface area contributed by atoms with E-state index >= 15 is 0 Å². The van der Waals surface area contributed by atoms with Crippen molar-refractivity contribution < 1.29 is 13.2 Å². The number of carbonyl (C=O) groups is 1. The number of carbonyl (C=O) groups excluding carboxylic acids is 1. The maximum Gasteiger partial charge on any atom is 0.239 e. The molecule has 0 unspecified atom stereocenters. The molecule has 24 heavy (non-hydrogen) atoms. The zero-order valence-electron chi connectivity index (χ0n) is 13.9. The summed E-state index contributed by atoms with van der Waals surface area (Å²) in [4.78, 5) is 14.4. The van der Waals surface area contributed by atoms with Gasteiger partial charge >= 0.3 is 0 Å². The standard InChI is InChI=1S/C18H22N2O3S/c1-13(16-9-5-7-14-6-3-4-8-17(14)16)20(15-10-11-15)18(21)12-24(22,23)19-2/h3-9,13,15,19H,10-12H2,1-2H3/t13-/m0/s1. The molecule has 0 saturated heterocycles. The summed E-state index contributed by atoms with van der Waals surface area (Å²) in [6, 6.07) is 14.1. The van der Waals surface area contributed by atoms with Gasteiger partial charge in [0.05, 0.1) is 6.04 Å². The molecule has 0 aromatic heterocycles. The van der Waals surface area contributed by atoms with E-state index in [1.807, 2.05) is 49.4 Å². The van der Waals surface area contributed by atoms with Gasteiger partial charge in [0.2, 0.25) is 15.9 Å². The van der Waals surface area contributed by atoms with Gasteiger partial charge in [-0.25, -0.2) is 13.1 Å². The van der Waals surface area contributed by atoms with E-state index in [4.69, 9.17) is 0 Å². The normalized spacial score (nSPS) is 16.1. The van der Waals surface area contributed by atoms with Crippen LogP contribution in [-0.2, 0) is 14.8 Å². The predicted molar refractivity (Wildman–Crippen MR) is 95.1 cm³/mol. The number of amides is 1. The Bertz CT molecular complexity index is 854. The van der Waals surface area contributed by atoms with Crippen LogP contribution in [0.15, 0.2) is 42.5 Å². The van der Waals surface area contributed by atoms with Crippen LogP contribution in [0.25, 0.3) is 10.8 Å². The Morgan fingerprint density at radius 3 is 2.54 bits per heavy atom. The van der Waals surface area contributed by atoms with Crippen molar-refractivity contribution in [1.82, 2.24) is 9.62 Å². The van der Waals surface area contributed by atoms with Crippen LogP contribution < -0.4 is 4.72 Å². The Morgan fingerprint density at radius 1 is 1.21 bits per heavy atom. The summed E-state index contributed by atoms with van der Waals surface area (Å²) in [5.41, 5.74) is 1.05. The molecule has 6 heteroatoms. The molecule has 1 saturated carbocycles. The zero-order valence-corrected chi connectivity index (χ0v) is 14.7. The highest BCUT2D eigenvalue weighted by Gasteiger charge is 2.37. The first kappa shape index (κ1) is 16.9. The van der Waals surface area contributed by atoms with Crippen molar-refractivity contribution in [2.45, 2.75) is 31.8 Å². The molecular weight excluding hydrogens is 324 g/mol. The Balaban J connectivity index is 1.95. The Hall–Kier alpha value is -1.92. The van der Waals surface area contributed by atoms with Gasteiger partial charge in [0.1, 0.15) is 5.75 Å². The Morgan fingerprint density at radius 2 is 1.88 bits per heavy atom. The molecule has 3 rings (SSSR count). The average Bonchev–Trinajstić information content (AvgIpc) is 3.38. The lowest BCUT2D eigenvalue weighted by atomic mass is 9.98. The van der Waals surface area contributed by atoms with Crippen LogP contribution in [0.1, 0.15) is 31.4 Å². The van der Waals surface area contributed by atoms with Gasteiger partial charge in [-0.05, 0) is 43.1 Å². The lowest BCUT2D eigenvalue weighted by molar-refractivity contribution is -0.131. The van der Waals surface area contributed by atoms with Crippen molar-refractivity contribution >= 4 is 26.7 Å². The first-order chi connectivity index (χ1) is 11.4. The topological polar surface area (TPSA) is 66.5 Å². The van der Waals surface area contributed by atoms with E-state index in [2.05, 4.69) is 4.72 Å². The molecule has 0 heterocycles. The summed E-state index contributed by atoms with van der Waals surface area (Å²) in [5, 5.41) is 2.22. The summed E-state index contributed by atoms with van der Waals surface area (Å²) in [7, 11) is -2.24. The summed E-state index contributed by atoms with van der Waals surface area (Å²) < 4.78 is 25.8. The third-order valence-corrected chi connectivity index (χ3v) is 5.79. The summed E-state index contributed by atoms with van der Waals surface area (Å²) in [6.07, 6.45) is 1.86. The van der Waals surface area contributed by atoms with Crippen LogP contribution in [-0.4, -0.2) is 38.1 Å². The quantitative estimate of drug-likeness (QED) is 0.874. The van der Waals surface area contributed by atoms with Gasteiger partial charge in [0.15, 0.2) is 0 Å². The Kier molecular flexibility index (Phi) is 4.60. The minimum absolute atomic E-state index is 0.138. The lowest BCUT2D eigenvalue weighted by Crippen LogP contribution is -2.41. The van der Waals surface area contributed by atoms with Crippen LogP contribution in [0.5, 0.6) is 0 Å². The molecule has 128 valence electrons. The third kappa shape index (κ3) is 3.44. The van der Waals surface area contributed by atoms with Crippen molar-refractivity contribution in [1.29, 1.82) is 0 Å². The van der Waals surface area contributed by atoms with Crippen molar-refractivity contribution in [3.63, 3.8) is 0 Å². The molecule has 0 radical (unpaired) electrons. The van der Waals surface area contributed by atoms with E-state index < -0.39 is 15.8 Å². The van der Waals surface area contributed by atoms with Crippen LogP contribution in [0.2, 0.25) is 0 Å². The number of nitrogens with zero attached hydrogens (tertiary/aromatic N) is 1. The summed E-state index contributed by atoms with van der Waals surface area (Å²) in [6.45, 7) is 1.98. The molecular formula is C18H22N2O3S. The van der Waals surface area contributed by atoms with Crippen LogP contribution in [0, 0.1) is 0 Å². The molecule has 1 aliphatic carbocycles. The van der Waals surface area contributed by atoms with Crippen molar-refractivity contribution in [2.75, 3.05) is 12.8 Å². The first-order valence-electron chi connectivity index (χ1n) is 8.13. The lowest BCUT2D eigenvalue weighted by Gasteiger charge is -2.30. The number of fused-ring (bicyclic) bond motifs is 1. The molecule has 2 aromatic carbocycles. The van der Waals surface area contributed by atoms with Crippen molar-refractivity contribution in [3.05, 3.63) is 48.0 Å². The van der Waals surface area contributed by atoms with Gasteiger partial charge < -0.3 is 4.90 Å². The number of benzene rings is 2. The Labute approximate surface area is 142 Å². The molecule has 0 aliphatic heterocycles. The summed E-state index contributed by atoms with van der Waals surface area (Å²) >= 11 is 0. The molecule has 1 fully saturated rings. The molecule has 1 N–H and O–H groups in total.